The summed E-state index contributed by atoms with van der Waals surface area (Å²) in [6, 6.07) is 5.91. The first-order valence-corrected chi connectivity index (χ1v) is 8.59. The van der Waals surface area contributed by atoms with Crippen molar-refractivity contribution in [2.45, 2.75) is 32.4 Å². The number of benzene rings is 1. The summed E-state index contributed by atoms with van der Waals surface area (Å²) < 4.78 is 5.56. The fourth-order valence-corrected chi connectivity index (χ4v) is 2.40. The van der Waals surface area contributed by atoms with E-state index in [1.165, 1.54) is 0 Å². The van der Waals surface area contributed by atoms with Crippen LogP contribution in [0.25, 0.3) is 0 Å². The highest BCUT2D eigenvalue weighted by Gasteiger charge is 2.08. The van der Waals surface area contributed by atoms with Gasteiger partial charge < -0.3 is 15.2 Å². The fourth-order valence-electron chi connectivity index (χ4n) is 1.69. The van der Waals surface area contributed by atoms with Gasteiger partial charge in [0.2, 0.25) is 0 Å². The molecule has 0 bridgehead atoms. The van der Waals surface area contributed by atoms with Crippen LogP contribution >= 0.6 is 23.4 Å². The lowest BCUT2D eigenvalue weighted by atomic mass is 10.2. The Labute approximate surface area is 131 Å². The monoisotopic (exact) mass is 317 g/mol. The van der Waals surface area contributed by atoms with Crippen LogP contribution in [0.3, 0.4) is 0 Å². The lowest BCUT2D eigenvalue weighted by Crippen LogP contribution is -2.36. The number of aryl methyl sites for hydroxylation is 1. The molecule has 0 aromatic heterocycles. The SMILES string of the molecule is CSCC[C@@H](C)NC[C@@H](O)COc1ccc(Cl)c(C)c1. The van der Waals surface area contributed by atoms with Crippen LogP contribution < -0.4 is 10.1 Å². The minimum atomic E-state index is -0.511. The van der Waals surface area contributed by atoms with E-state index < -0.39 is 6.10 Å². The summed E-state index contributed by atoms with van der Waals surface area (Å²) in [4.78, 5) is 0. The second kappa shape index (κ2) is 9.50. The summed E-state index contributed by atoms with van der Waals surface area (Å²) >= 11 is 7.79. The number of rotatable bonds is 9. The minimum Gasteiger partial charge on any atom is -0.491 e. The average Bonchev–Trinajstić information content (AvgIpc) is 2.44. The number of aliphatic hydroxyl groups is 1. The van der Waals surface area contributed by atoms with E-state index in [1.807, 2.05) is 30.8 Å². The number of hydrogen-bond donors (Lipinski definition) is 2. The van der Waals surface area contributed by atoms with Crippen molar-refractivity contribution in [2.24, 2.45) is 0 Å². The van der Waals surface area contributed by atoms with Crippen LogP contribution in [0, 0.1) is 6.92 Å². The number of ether oxygens (including phenoxy) is 1. The molecule has 2 atom stereocenters. The predicted octanol–water partition coefficient (Wildman–Crippen LogP) is 3.12. The van der Waals surface area contributed by atoms with E-state index in [0.29, 0.717) is 12.6 Å². The Morgan fingerprint density at radius 3 is 2.85 bits per heavy atom. The normalized spacial score (nSPS) is 14.1. The number of hydrogen-bond acceptors (Lipinski definition) is 4. The third-order valence-corrected chi connectivity index (χ3v) is 4.10. The van der Waals surface area contributed by atoms with Gasteiger partial charge in [0.1, 0.15) is 18.5 Å². The first-order chi connectivity index (χ1) is 9.52. The average molecular weight is 318 g/mol. The van der Waals surface area contributed by atoms with Crippen LogP contribution in [0.5, 0.6) is 5.75 Å². The topological polar surface area (TPSA) is 41.5 Å². The van der Waals surface area contributed by atoms with Crippen molar-refractivity contribution in [3.63, 3.8) is 0 Å². The molecule has 2 N–H and O–H groups in total. The van der Waals surface area contributed by atoms with Crippen LogP contribution in [0.1, 0.15) is 18.9 Å². The Balaban J connectivity index is 2.25. The molecule has 1 aromatic carbocycles. The Hall–Kier alpha value is -0.420. The molecule has 5 heteroatoms. The van der Waals surface area contributed by atoms with E-state index in [9.17, 15) is 5.11 Å². The summed E-state index contributed by atoms with van der Waals surface area (Å²) in [5.41, 5.74) is 0.975. The Morgan fingerprint density at radius 1 is 1.45 bits per heavy atom. The maximum absolute atomic E-state index is 9.89. The second-order valence-corrected chi connectivity index (χ2v) is 6.36. The molecule has 0 fully saturated rings. The van der Waals surface area contributed by atoms with Crippen molar-refractivity contribution in [1.29, 1.82) is 0 Å². The van der Waals surface area contributed by atoms with Gasteiger partial charge in [0.25, 0.3) is 0 Å². The minimum absolute atomic E-state index is 0.281. The third kappa shape index (κ3) is 6.84. The van der Waals surface area contributed by atoms with E-state index in [-0.39, 0.29) is 6.61 Å². The van der Waals surface area contributed by atoms with Crippen LogP contribution in [0.4, 0.5) is 0 Å². The Kier molecular flexibility index (Phi) is 8.38. The molecular formula is C15H24ClNO2S. The zero-order chi connectivity index (χ0) is 15.0. The van der Waals surface area contributed by atoms with Gasteiger partial charge in [0, 0.05) is 17.6 Å². The van der Waals surface area contributed by atoms with Gasteiger partial charge in [-0.05, 0) is 56.0 Å². The van der Waals surface area contributed by atoms with Crippen molar-refractivity contribution >= 4 is 23.4 Å². The lowest BCUT2D eigenvalue weighted by molar-refractivity contribution is 0.104. The van der Waals surface area contributed by atoms with Gasteiger partial charge in [-0.1, -0.05) is 11.6 Å². The van der Waals surface area contributed by atoms with E-state index in [0.717, 1.165) is 28.5 Å². The quantitative estimate of drug-likeness (QED) is 0.734. The molecule has 0 aliphatic rings. The zero-order valence-corrected chi connectivity index (χ0v) is 13.9. The molecule has 0 amide bonds. The highest BCUT2D eigenvalue weighted by molar-refractivity contribution is 7.98. The zero-order valence-electron chi connectivity index (χ0n) is 12.4. The smallest absolute Gasteiger partial charge is 0.119 e. The molecule has 1 aromatic rings. The van der Waals surface area contributed by atoms with Crippen LogP contribution in [0.2, 0.25) is 5.02 Å². The number of aliphatic hydroxyl groups excluding tert-OH is 1. The molecule has 0 unspecified atom stereocenters. The summed E-state index contributed by atoms with van der Waals surface area (Å²) in [7, 11) is 0. The van der Waals surface area contributed by atoms with Crippen molar-refractivity contribution in [3.8, 4) is 5.75 Å². The molecule has 114 valence electrons. The Bertz CT molecular complexity index is 403. The second-order valence-electron chi connectivity index (χ2n) is 4.97. The molecule has 0 saturated heterocycles. The van der Waals surface area contributed by atoms with Crippen molar-refractivity contribution in [2.75, 3.05) is 25.2 Å². The van der Waals surface area contributed by atoms with Crippen molar-refractivity contribution < 1.29 is 9.84 Å². The van der Waals surface area contributed by atoms with Gasteiger partial charge in [0.15, 0.2) is 0 Å². The first kappa shape index (κ1) is 17.6. The van der Waals surface area contributed by atoms with Crippen LogP contribution in [-0.4, -0.2) is 42.4 Å². The van der Waals surface area contributed by atoms with Gasteiger partial charge in [-0.25, -0.2) is 0 Å². The van der Waals surface area contributed by atoms with Crippen molar-refractivity contribution in [1.82, 2.24) is 5.32 Å². The first-order valence-electron chi connectivity index (χ1n) is 6.82. The van der Waals surface area contributed by atoms with Crippen LogP contribution in [0.15, 0.2) is 18.2 Å². The molecule has 1 rings (SSSR count). The Morgan fingerprint density at radius 2 is 2.20 bits per heavy atom. The maximum atomic E-state index is 9.89. The van der Waals surface area contributed by atoms with E-state index in [2.05, 4.69) is 18.5 Å². The lowest BCUT2D eigenvalue weighted by Gasteiger charge is -2.17. The fraction of sp³-hybridized carbons (Fsp3) is 0.600. The summed E-state index contributed by atoms with van der Waals surface area (Å²) in [6.07, 6.45) is 2.69. The number of thioether (sulfide) groups is 1. The molecule has 0 saturated carbocycles. The van der Waals surface area contributed by atoms with Crippen molar-refractivity contribution in [3.05, 3.63) is 28.8 Å². The molecular weight excluding hydrogens is 294 g/mol. The van der Waals surface area contributed by atoms with Gasteiger partial charge in [-0.2, -0.15) is 11.8 Å². The van der Waals surface area contributed by atoms with E-state index in [1.54, 1.807) is 6.07 Å². The molecule has 0 spiro atoms. The summed E-state index contributed by atoms with van der Waals surface area (Å²) in [5, 5.41) is 13.9. The van der Waals surface area contributed by atoms with E-state index >= 15 is 0 Å². The maximum Gasteiger partial charge on any atom is 0.119 e. The molecule has 0 aliphatic carbocycles. The predicted molar refractivity (Wildman–Crippen MR) is 88.2 cm³/mol. The van der Waals surface area contributed by atoms with E-state index in [4.69, 9.17) is 16.3 Å². The highest BCUT2D eigenvalue weighted by atomic mass is 35.5. The number of halogens is 1. The largest absolute Gasteiger partial charge is 0.491 e. The molecule has 0 heterocycles. The standard InChI is InChI=1S/C15H24ClNO2S/c1-11-8-14(4-5-15(11)16)19-10-13(18)9-17-12(2)6-7-20-3/h4-5,8,12-13,17-18H,6-7,9-10H2,1-3H3/t12-,13-/m1/s1. The molecule has 20 heavy (non-hydrogen) atoms. The molecule has 0 aliphatic heterocycles. The summed E-state index contributed by atoms with van der Waals surface area (Å²) in [5.74, 6) is 1.87. The van der Waals surface area contributed by atoms with Gasteiger partial charge >= 0.3 is 0 Å². The third-order valence-electron chi connectivity index (χ3n) is 3.03. The van der Waals surface area contributed by atoms with Gasteiger partial charge in [0.05, 0.1) is 0 Å². The number of nitrogens with one attached hydrogen (secondary N) is 1. The van der Waals surface area contributed by atoms with Gasteiger partial charge in [-0.3, -0.25) is 0 Å². The summed E-state index contributed by atoms with van der Waals surface area (Å²) in [6.45, 7) is 4.89. The molecule has 0 radical (unpaired) electrons. The van der Waals surface area contributed by atoms with Crippen LogP contribution in [-0.2, 0) is 0 Å². The highest BCUT2D eigenvalue weighted by Crippen LogP contribution is 2.21. The van der Waals surface area contributed by atoms with Gasteiger partial charge in [-0.15, -0.1) is 0 Å². The molecule has 3 nitrogen and oxygen atoms in total.